The lowest BCUT2D eigenvalue weighted by Crippen LogP contribution is -2.37. The van der Waals surface area contributed by atoms with Gasteiger partial charge in [-0.05, 0) is 47.6 Å². The molecule has 1 heterocycles. The zero-order valence-electron chi connectivity index (χ0n) is 24.2. The van der Waals surface area contributed by atoms with Crippen molar-refractivity contribution in [3.63, 3.8) is 0 Å². The first-order chi connectivity index (χ1) is 19.4. The molecule has 41 heavy (non-hydrogen) atoms. The lowest BCUT2D eigenvalue weighted by Gasteiger charge is -2.42. The molecule has 3 aliphatic rings. The maximum atomic E-state index is 13.6. The van der Waals surface area contributed by atoms with Crippen LogP contribution in [0.4, 0.5) is 5.69 Å². The highest BCUT2D eigenvalue weighted by molar-refractivity contribution is 6.33. The molecular formula is C33H36ClNO6. The molecule has 1 N–H and O–H groups in total. The molecule has 5 rings (SSSR count). The van der Waals surface area contributed by atoms with Crippen LogP contribution in [0, 0.1) is 10.8 Å². The maximum Gasteiger partial charge on any atom is 0.262 e. The molecule has 0 saturated heterocycles. The average Bonchev–Trinajstić information content (AvgIpc) is 2.87. The van der Waals surface area contributed by atoms with Gasteiger partial charge in [0.1, 0.15) is 11.5 Å². The Kier molecular flexibility index (Phi) is 7.77. The van der Waals surface area contributed by atoms with Crippen LogP contribution in [0.25, 0.3) is 0 Å². The largest absolute Gasteiger partial charge is 0.490 e. The van der Waals surface area contributed by atoms with Gasteiger partial charge in [0.2, 0.25) is 0 Å². The highest BCUT2D eigenvalue weighted by Gasteiger charge is 2.48. The van der Waals surface area contributed by atoms with Gasteiger partial charge < -0.3 is 19.5 Å². The van der Waals surface area contributed by atoms with Crippen molar-refractivity contribution in [3.05, 3.63) is 75.7 Å². The number of ether oxygens (including phenoxy) is 3. The number of hydrogen-bond acceptors (Lipinski definition) is 6. The fourth-order valence-electron chi connectivity index (χ4n) is 5.99. The third kappa shape index (κ3) is 6.05. The number of hydrogen-bond donors (Lipinski definition) is 1. The third-order valence-corrected chi connectivity index (χ3v) is 8.02. The van der Waals surface area contributed by atoms with Gasteiger partial charge in [0.15, 0.2) is 29.7 Å². The van der Waals surface area contributed by atoms with E-state index in [1.165, 1.54) is 0 Å². The summed E-state index contributed by atoms with van der Waals surface area (Å²) in [6, 6.07) is 12.4. The van der Waals surface area contributed by atoms with Gasteiger partial charge in [0.25, 0.3) is 5.91 Å². The van der Waals surface area contributed by atoms with Crippen molar-refractivity contribution in [1.82, 2.24) is 0 Å². The lowest BCUT2D eigenvalue weighted by atomic mass is 9.65. The van der Waals surface area contributed by atoms with Crippen LogP contribution in [0.3, 0.4) is 0 Å². The number of allylic oxidation sites excluding steroid dienone is 4. The van der Waals surface area contributed by atoms with Crippen molar-refractivity contribution in [2.24, 2.45) is 10.8 Å². The second kappa shape index (κ2) is 11.0. The number of nitrogens with one attached hydrogen (secondary N) is 1. The summed E-state index contributed by atoms with van der Waals surface area (Å²) in [6.45, 7) is 10.2. The van der Waals surface area contributed by atoms with E-state index in [-0.39, 0.29) is 34.9 Å². The SMILES string of the molecule is CCOc1cc(C2C3=C(CC(C)(C)CC3=O)OC3=C2C(=O)CC(C)(C)C3)ccc1OCC(=O)Nc1ccccc1Cl. The summed E-state index contributed by atoms with van der Waals surface area (Å²) in [7, 11) is 0. The number of amides is 1. The molecule has 0 aromatic heterocycles. The first-order valence-electron chi connectivity index (χ1n) is 14.0. The number of halogens is 1. The Morgan fingerprint density at radius 3 is 2.10 bits per heavy atom. The Hall–Kier alpha value is -3.58. The van der Waals surface area contributed by atoms with E-state index in [0.29, 0.717) is 77.2 Å². The number of para-hydroxylation sites is 1. The number of carbonyl (C=O) groups is 3. The fourth-order valence-corrected chi connectivity index (χ4v) is 6.17. The van der Waals surface area contributed by atoms with E-state index in [0.717, 1.165) is 5.56 Å². The first kappa shape index (κ1) is 28.9. The monoisotopic (exact) mass is 577 g/mol. The Morgan fingerprint density at radius 1 is 0.902 bits per heavy atom. The van der Waals surface area contributed by atoms with Crippen molar-refractivity contribution in [3.8, 4) is 11.5 Å². The summed E-state index contributed by atoms with van der Waals surface area (Å²) in [6.07, 6.45) is 2.01. The standard InChI is InChI=1S/C33H36ClNO6/c1-6-39-25-13-19(11-12-24(25)40-18-28(38)35-21-10-8-7-9-20(21)34)29-30-22(36)14-32(2,3)16-26(30)41-27-17-33(4,5)15-23(37)31(27)29/h7-13,29H,6,14-18H2,1-5H3,(H,35,38). The van der Waals surface area contributed by atoms with Crippen LogP contribution >= 0.6 is 11.6 Å². The van der Waals surface area contributed by atoms with E-state index in [1.807, 2.05) is 19.1 Å². The van der Waals surface area contributed by atoms with Crippen molar-refractivity contribution in [2.45, 2.75) is 66.2 Å². The summed E-state index contributed by atoms with van der Waals surface area (Å²) in [5.41, 5.74) is 1.91. The minimum Gasteiger partial charge on any atom is -0.490 e. The van der Waals surface area contributed by atoms with E-state index in [2.05, 4.69) is 33.0 Å². The summed E-state index contributed by atoms with van der Waals surface area (Å²) in [4.78, 5) is 39.7. The second-order valence-corrected chi connectivity index (χ2v) is 13.0. The van der Waals surface area contributed by atoms with Gasteiger partial charge in [-0.2, -0.15) is 0 Å². The second-order valence-electron chi connectivity index (χ2n) is 12.5. The molecule has 2 aromatic rings. The van der Waals surface area contributed by atoms with Gasteiger partial charge in [-0.15, -0.1) is 0 Å². The molecule has 0 saturated carbocycles. The normalized spacial score (nSPS) is 19.8. The minimum absolute atomic E-state index is 0.0000334. The predicted octanol–water partition coefficient (Wildman–Crippen LogP) is 7.16. The Balaban J connectivity index is 1.49. The molecule has 0 spiro atoms. The molecule has 0 bridgehead atoms. The average molecular weight is 578 g/mol. The minimum atomic E-state index is -0.544. The Bertz CT molecular complexity index is 1430. The molecule has 216 valence electrons. The number of carbonyl (C=O) groups excluding carboxylic acids is 3. The smallest absolute Gasteiger partial charge is 0.262 e. The number of Topliss-reactive ketones (excluding diaryl/α,β-unsaturated/α-hetero) is 2. The van der Waals surface area contributed by atoms with Crippen LogP contribution in [-0.2, 0) is 19.1 Å². The highest BCUT2D eigenvalue weighted by atomic mass is 35.5. The zero-order chi connectivity index (χ0) is 29.5. The van der Waals surface area contributed by atoms with Gasteiger partial charge in [0, 0.05) is 42.7 Å². The van der Waals surface area contributed by atoms with E-state index >= 15 is 0 Å². The number of rotatable bonds is 7. The van der Waals surface area contributed by atoms with E-state index in [4.69, 9.17) is 25.8 Å². The highest BCUT2D eigenvalue weighted by Crippen LogP contribution is 2.53. The number of ketones is 2. The van der Waals surface area contributed by atoms with Gasteiger partial charge in [-0.3, -0.25) is 14.4 Å². The molecule has 2 aromatic carbocycles. The lowest BCUT2D eigenvalue weighted by molar-refractivity contribution is -0.120. The summed E-state index contributed by atoms with van der Waals surface area (Å²) in [5, 5.41) is 3.17. The Labute approximate surface area is 245 Å². The third-order valence-electron chi connectivity index (χ3n) is 7.69. The molecule has 8 heteroatoms. The Morgan fingerprint density at radius 2 is 1.51 bits per heavy atom. The van der Waals surface area contributed by atoms with Gasteiger partial charge in [-0.25, -0.2) is 0 Å². The molecule has 0 fully saturated rings. The molecule has 0 radical (unpaired) electrons. The van der Waals surface area contributed by atoms with Gasteiger partial charge in [-0.1, -0.05) is 57.5 Å². The fraction of sp³-hybridized carbons (Fsp3) is 0.424. The zero-order valence-corrected chi connectivity index (χ0v) is 24.9. The van der Waals surface area contributed by atoms with Crippen LogP contribution in [0.5, 0.6) is 11.5 Å². The molecule has 1 aliphatic heterocycles. The van der Waals surface area contributed by atoms with Crippen molar-refractivity contribution >= 4 is 34.8 Å². The van der Waals surface area contributed by atoms with Crippen molar-refractivity contribution in [1.29, 1.82) is 0 Å². The summed E-state index contributed by atoms with van der Waals surface area (Å²) < 4.78 is 18.2. The summed E-state index contributed by atoms with van der Waals surface area (Å²) >= 11 is 6.15. The molecule has 0 atom stereocenters. The van der Waals surface area contributed by atoms with Gasteiger partial charge in [0.05, 0.1) is 17.3 Å². The maximum absolute atomic E-state index is 13.6. The quantitative estimate of drug-likeness (QED) is 0.375. The number of anilines is 1. The van der Waals surface area contributed by atoms with Gasteiger partial charge >= 0.3 is 0 Å². The molecule has 0 unspecified atom stereocenters. The molecular weight excluding hydrogens is 542 g/mol. The summed E-state index contributed by atoms with van der Waals surface area (Å²) in [5.74, 6) is 1.22. The van der Waals surface area contributed by atoms with Crippen LogP contribution in [-0.4, -0.2) is 30.7 Å². The predicted molar refractivity (Wildman–Crippen MR) is 157 cm³/mol. The first-order valence-corrected chi connectivity index (χ1v) is 14.4. The van der Waals surface area contributed by atoms with Crippen molar-refractivity contribution in [2.75, 3.05) is 18.5 Å². The van der Waals surface area contributed by atoms with E-state index < -0.39 is 5.92 Å². The molecule has 2 aliphatic carbocycles. The molecule has 7 nitrogen and oxygen atoms in total. The van der Waals surface area contributed by atoms with Crippen LogP contribution in [0.1, 0.15) is 71.8 Å². The molecule has 1 amide bonds. The van der Waals surface area contributed by atoms with Crippen molar-refractivity contribution < 1.29 is 28.6 Å². The van der Waals surface area contributed by atoms with E-state index in [9.17, 15) is 14.4 Å². The van der Waals surface area contributed by atoms with Crippen LogP contribution in [0.2, 0.25) is 5.02 Å². The topological polar surface area (TPSA) is 90.9 Å². The van der Waals surface area contributed by atoms with Crippen LogP contribution < -0.4 is 14.8 Å². The van der Waals surface area contributed by atoms with Crippen LogP contribution in [0.15, 0.2) is 65.1 Å². The number of benzene rings is 2. The van der Waals surface area contributed by atoms with E-state index in [1.54, 1.807) is 30.3 Å².